The van der Waals surface area contributed by atoms with Crippen molar-refractivity contribution in [1.29, 1.82) is 0 Å². The van der Waals surface area contributed by atoms with Crippen LogP contribution in [0.15, 0.2) is 53.2 Å². The van der Waals surface area contributed by atoms with Crippen LogP contribution in [0.3, 0.4) is 0 Å². The lowest BCUT2D eigenvalue weighted by molar-refractivity contribution is 0.262. The first kappa shape index (κ1) is 24.6. The van der Waals surface area contributed by atoms with Gasteiger partial charge >= 0.3 is 6.03 Å². The van der Waals surface area contributed by atoms with Crippen molar-refractivity contribution in [3.8, 4) is 11.3 Å². The molecule has 0 saturated heterocycles. The molecule has 38 heavy (non-hydrogen) atoms. The molecule has 196 valence electrons. The fourth-order valence-electron chi connectivity index (χ4n) is 4.54. The van der Waals surface area contributed by atoms with Crippen LogP contribution in [-0.4, -0.2) is 38.1 Å². The zero-order valence-corrected chi connectivity index (χ0v) is 22.8. The Morgan fingerprint density at radius 3 is 2.58 bits per heavy atom. The van der Waals surface area contributed by atoms with Crippen molar-refractivity contribution in [2.24, 2.45) is 0 Å². The van der Waals surface area contributed by atoms with Crippen molar-refractivity contribution in [3.05, 3.63) is 60.1 Å². The monoisotopic (exact) mass is 529 g/mol. The number of urea groups is 1. The van der Waals surface area contributed by atoms with Crippen LogP contribution >= 0.6 is 11.3 Å². The number of fused-ring (bicyclic) bond motifs is 3. The van der Waals surface area contributed by atoms with Gasteiger partial charge in [-0.25, -0.2) is 14.8 Å². The number of nitrogens with zero attached hydrogens (tertiary/aromatic N) is 4. The molecular weight excluding hydrogens is 498 g/mol. The van der Waals surface area contributed by atoms with Crippen molar-refractivity contribution in [2.45, 2.75) is 57.4 Å². The first-order chi connectivity index (χ1) is 18.2. The Morgan fingerprint density at radius 1 is 1.11 bits per heavy atom. The highest BCUT2D eigenvalue weighted by molar-refractivity contribution is 7.23. The number of aromatic nitrogens is 4. The second-order valence-corrected chi connectivity index (χ2v) is 12.0. The van der Waals surface area contributed by atoms with E-state index in [0.29, 0.717) is 22.8 Å². The average molecular weight is 530 g/mol. The molecule has 0 spiro atoms. The molecule has 0 atom stereocenters. The third kappa shape index (κ3) is 4.89. The van der Waals surface area contributed by atoms with Gasteiger partial charge in [0.1, 0.15) is 10.6 Å². The number of imidazole rings is 1. The van der Waals surface area contributed by atoms with Crippen LogP contribution in [0.4, 0.5) is 16.3 Å². The van der Waals surface area contributed by atoms with E-state index in [1.807, 2.05) is 51.2 Å². The largest absolute Gasteiger partial charge is 0.359 e. The number of hydrogen-bond acceptors (Lipinski definition) is 7. The molecule has 1 aliphatic rings. The van der Waals surface area contributed by atoms with Gasteiger partial charge in [-0.05, 0) is 57.0 Å². The number of rotatable bonds is 7. The van der Waals surface area contributed by atoms with E-state index in [2.05, 4.69) is 44.7 Å². The van der Waals surface area contributed by atoms with Gasteiger partial charge in [0.2, 0.25) is 0 Å². The molecule has 4 aromatic heterocycles. The van der Waals surface area contributed by atoms with Crippen LogP contribution < -0.4 is 16.0 Å². The van der Waals surface area contributed by atoms with Crippen molar-refractivity contribution in [2.75, 3.05) is 17.7 Å². The standard InChI is InChI=1S/C28H31N7O2S/c1-27(2,3)22-15-23(34-37-22)33-25(36)31-18-7-5-17(6-8-18)20-16-35-21-10-9-19(11-12-28(29-4)13-14-28)30-24(21)38-26(35)32-20/h5-10,15-16,29H,11-14H2,1-4H3,(H2,31,33,34,36). The minimum atomic E-state index is -0.384. The molecule has 0 aliphatic heterocycles. The Labute approximate surface area is 224 Å². The molecule has 1 aromatic carbocycles. The maximum Gasteiger partial charge on any atom is 0.324 e. The van der Waals surface area contributed by atoms with Crippen molar-refractivity contribution in [3.63, 3.8) is 0 Å². The van der Waals surface area contributed by atoms with E-state index < -0.39 is 0 Å². The van der Waals surface area contributed by atoms with Crippen LogP contribution in [0.2, 0.25) is 0 Å². The van der Waals surface area contributed by atoms with Crippen LogP contribution in [-0.2, 0) is 11.8 Å². The third-order valence-corrected chi connectivity index (χ3v) is 8.16. The number of carbonyl (C=O) groups is 1. The predicted molar refractivity (Wildman–Crippen MR) is 151 cm³/mol. The Balaban J connectivity index is 1.12. The number of carbonyl (C=O) groups excluding carboxylic acids is 1. The van der Waals surface area contributed by atoms with Gasteiger partial charge in [-0.1, -0.05) is 49.4 Å². The van der Waals surface area contributed by atoms with E-state index in [1.54, 1.807) is 17.4 Å². The third-order valence-electron chi connectivity index (χ3n) is 7.19. The fraction of sp³-hybridized carbons (Fsp3) is 0.357. The summed E-state index contributed by atoms with van der Waals surface area (Å²) in [6.07, 6.45) is 6.67. The molecule has 4 heterocycles. The SMILES string of the molecule is CNC1(CCc2ccc3c(n2)sc2nc(-c4ccc(NC(=O)Nc5cc(C(C)(C)C)on5)cc4)cn23)CC1. The molecule has 1 fully saturated rings. The molecule has 5 aromatic rings. The average Bonchev–Trinajstić information content (AvgIpc) is 3.16. The summed E-state index contributed by atoms with van der Waals surface area (Å²) in [6.45, 7) is 6.07. The molecule has 6 rings (SSSR count). The van der Waals surface area contributed by atoms with Gasteiger partial charge in [0.25, 0.3) is 0 Å². The van der Waals surface area contributed by atoms with Crippen LogP contribution in [0.5, 0.6) is 0 Å². The minimum absolute atomic E-state index is 0.182. The van der Waals surface area contributed by atoms with E-state index in [9.17, 15) is 4.79 Å². The summed E-state index contributed by atoms with van der Waals surface area (Å²) in [5.74, 6) is 1.08. The van der Waals surface area contributed by atoms with Crippen LogP contribution in [0.25, 0.3) is 26.6 Å². The van der Waals surface area contributed by atoms with Gasteiger partial charge in [0.05, 0.1) is 11.2 Å². The van der Waals surface area contributed by atoms with Crippen LogP contribution in [0.1, 0.15) is 51.5 Å². The second-order valence-electron chi connectivity index (χ2n) is 11.0. The van der Waals surface area contributed by atoms with Crippen molar-refractivity contribution < 1.29 is 9.32 Å². The number of thiazole rings is 1. The molecule has 0 radical (unpaired) electrons. The molecule has 3 N–H and O–H groups in total. The van der Waals surface area contributed by atoms with Crippen molar-refractivity contribution in [1.82, 2.24) is 24.8 Å². The normalized spacial score (nSPS) is 14.7. The minimum Gasteiger partial charge on any atom is -0.359 e. The van der Waals surface area contributed by atoms with Crippen LogP contribution in [0, 0.1) is 0 Å². The van der Waals surface area contributed by atoms with Crippen molar-refractivity contribution >= 4 is 44.2 Å². The molecule has 1 aliphatic carbocycles. The number of aryl methyl sites for hydroxylation is 1. The van der Waals surface area contributed by atoms with Gasteiger partial charge in [-0.2, -0.15) is 0 Å². The zero-order chi connectivity index (χ0) is 26.5. The molecule has 2 amide bonds. The van der Waals surface area contributed by atoms with E-state index in [1.165, 1.54) is 12.8 Å². The molecule has 0 unspecified atom stereocenters. The molecule has 10 heteroatoms. The van der Waals surface area contributed by atoms with Gasteiger partial charge in [-0.15, -0.1) is 0 Å². The summed E-state index contributed by atoms with van der Waals surface area (Å²) >= 11 is 1.61. The van der Waals surface area contributed by atoms with E-state index in [-0.39, 0.29) is 11.4 Å². The molecule has 0 bridgehead atoms. The number of hydrogen-bond donors (Lipinski definition) is 3. The summed E-state index contributed by atoms with van der Waals surface area (Å²) in [4.78, 5) is 24.1. The number of benzene rings is 1. The number of amides is 2. The summed E-state index contributed by atoms with van der Waals surface area (Å²) in [5, 5.41) is 12.9. The summed E-state index contributed by atoms with van der Waals surface area (Å²) in [6, 6.07) is 13.2. The Morgan fingerprint density at radius 2 is 1.89 bits per heavy atom. The van der Waals surface area contributed by atoms with E-state index in [0.717, 1.165) is 45.1 Å². The predicted octanol–water partition coefficient (Wildman–Crippen LogP) is 6.23. The van der Waals surface area contributed by atoms with Gasteiger partial charge < -0.3 is 15.2 Å². The zero-order valence-electron chi connectivity index (χ0n) is 22.0. The highest BCUT2D eigenvalue weighted by Crippen LogP contribution is 2.39. The number of anilines is 2. The lowest BCUT2D eigenvalue weighted by Crippen LogP contribution is -2.27. The Hall–Kier alpha value is -3.76. The topological polar surface area (TPSA) is 109 Å². The Kier molecular flexibility index (Phi) is 5.96. The first-order valence-electron chi connectivity index (χ1n) is 12.8. The van der Waals surface area contributed by atoms with E-state index >= 15 is 0 Å². The summed E-state index contributed by atoms with van der Waals surface area (Å²) in [5.41, 5.74) is 4.86. The number of nitrogens with one attached hydrogen (secondary N) is 3. The quantitative estimate of drug-likeness (QED) is 0.231. The lowest BCUT2D eigenvalue weighted by atomic mass is 9.93. The molecule has 1 saturated carbocycles. The highest BCUT2D eigenvalue weighted by Gasteiger charge is 2.40. The fourth-order valence-corrected chi connectivity index (χ4v) is 5.54. The Bertz CT molecular complexity index is 1620. The van der Waals surface area contributed by atoms with Gasteiger partial charge in [0.15, 0.2) is 10.8 Å². The molecular formula is C28H31N7O2S. The summed E-state index contributed by atoms with van der Waals surface area (Å²) in [7, 11) is 2.05. The van der Waals surface area contributed by atoms with Gasteiger partial charge in [0, 0.05) is 40.2 Å². The second kappa shape index (κ2) is 9.21. The summed E-state index contributed by atoms with van der Waals surface area (Å²) < 4.78 is 7.42. The lowest BCUT2D eigenvalue weighted by Gasteiger charge is -2.12. The maximum atomic E-state index is 12.4. The highest BCUT2D eigenvalue weighted by atomic mass is 32.1. The smallest absolute Gasteiger partial charge is 0.324 e. The number of pyridine rings is 1. The maximum absolute atomic E-state index is 12.4. The van der Waals surface area contributed by atoms with Gasteiger partial charge in [-0.3, -0.25) is 9.72 Å². The molecule has 9 nitrogen and oxygen atoms in total. The van der Waals surface area contributed by atoms with E-state index in [4.69, 9.17) is 14.5 Å². The first-order valence-corrected chi connectivity index (χ1v) is 13.7.